The lowest BCUT2D eigenvalue weighted by molar-refractivity contribution is -0.120. The highest BCUT2D eigenvalue weighted by atomic mass is 16.1. The van der Waals surface area contributed by atoms with Crippen molar-refractivity contribution in [1.82, 2.24) is 5.32 Å². The van der Waals surface area contributed by atoms with E-state index in [1.165, 1.54) is 0 Å². The van der Waals surface area contributed by atoms with Gasteiger partial charge in [0.15, 0.2) is 0 Å². The Hall–Kier alpha value is -0.570. The molecule has 1 rings (SSSR count). The highest BCUT2D eigenvalue weighted by molar-refractivity contribution is 5.79. The van der Waals surface area contributed by atoms with E-state index in [2.05, 4.69) is 12.2 Å². The summed E-state index contributed by atoms with van der Waals surface area (Å²) in [5.41, 5.74) is 5.13. The Morgan fingerprint density at radius 3 is 2.70 bits per heavy atom. The lowest BCUT2D eigenvalue weighted by atomic mass is 9.99. The number of amides is 1. The number of carbonyl (C=O) groups excluding carboxylic acids is 1. The van der Waals surface area contributed by atoms with E-state index < -0.39 is 0 Å². The van der Waals surface area contributed by atoms with Crippen LogP contribution in [0, 0.1) is 0 Å². The number of hydrogen-bond acceptors (Lipinski definition) is 2. The Balaban J connectivity index is 2.39. The summed E-state index contributed by atoms with van der Waals surface area (Å²) in [5.74, 6) is -0.216. The number of piperidine rings is 1. The van der Waals surface area contributed by atoms with Crippen molar-refractivity contribution in [3.63, 3.8) is 0 Å². The summed E-state index contributed by atoms with van der Waals surface area (Å²) in [6, 6.07) is 0.370. The fourth-order valence-corrected chi connectivity index (χ4v) is 1.36. The van der Waals surface area contributed by atoms with Crippen molar-refractivity contribution in [2.75, 3.05) is 0 Å². The van der Waals surface area contributed by atoms with Crippen molar-refractivity contribution in [3.05, 3.63) is 0 Å². The molecular formula is C7H14N2O. The maximum absolute atomic E-state index is 10.7. The highest BCUT2D eigenvalue weighted by Crippen LogP contribution is 2.11. The number of nitrogens with one attached hydrogen (secondary N) is 1. The van der Waals surface area contributed by atoms with Gasteiger partial charge >= 0.3 is 0 Å². The molecule has 10 heavy (non-hydrogen) atoms. The first-order valence-electron chi connectivity index (χ1n) is 3.75. The van der Waals surface area contributed by atoms with Crippen LogP contribution >= 0.6 is 0 Å². The summed E-state index contributed by atoms with van der Waals surface area (Å²) in [6.45, 7) is 2.08. The van der Waals surface area contributed by atoms with Gasteiger partial charge in [-0.15, -0.1) is 0 Å². The third-order valence-corrected chi connectivity index (χ3v) is 1.96. The van der Waals surface area contributed by atoms with Crippen LogP contribution in [0.3, 0.4) is 0 Å². The van der Waals surface area contributed by atoms with Crippen molar-refractivity contribution < 1.29 is 4.79 Å². The van der Waals surface area contributed by atoms with Gasteiger partial charge in [0.2, 0.25) is 5.91 Å². The van der Waals surface area contributed by atoms with E-state index in [1.807, 2.05) is 0 Å². The third-order valence-electron chi connectivity index (χ3n) is 1.96. The van der Waals surface area contributed by atoms with Gasteiger partial charge in [-0.2, -0.15) is 0 Å². The molecule has 0 unspecified atom stereocenters. The fraction of sp³-hybridized carbons (Fsp3) is 0.857. The fourth-order valence-electron chi connectivity index (χ4n) is 1.36. The minimum Gasteiger partial charge on any atom is -0.368 e. The van der Waals surface area contributed by atoms with Gasteiger partial charge in [-0.1, -0.05) is 0 Å². The minimum absolute atomic E-state index is 0.0799. The topological polar surface area (TPSA) is 55.1 Å². The van der Waals surface area contributed by atoms with Gasteiger partial charge in [0.05, 0.1) is 6.04 Å². The van der Waals surface area contributed by atoms with Crippen LogP contribution in [0.15, 0.2) is 0 Å². The molecule has 0 aliphatic carbocycles. The molecule has 2 atom stereocenters. The first-order chi connectivity index (χ1) is 4.70. The van der Waals surface area contributed by atoms with Crippen LogP contribution in [0.5, 0.6) is 0 Å². The zero-order chi connectivity index (χ0) is 7.56. The van der Waals surface area contributed by atoms with E-state index in [9.17, 15) is 4.79 Å². The molecule has 1 aliphatic rings. The van der Waals surface area contributed by atoms with Gasteiger partial charge in [0.1, 0.15) is 0 Å². The van der Waals surface area contributed by atoms with Gasteiger partial charge < -0.3 is 11.1 Å². The Labute approximate surface area is 61.0 Å². The van der Waals surface area contributed by atoms with Crippen LogP contribution in [0.4, 0.5) is 0 Å². The van der Waals surface area contributed by atoms with Crippen molar-refractivity contribution in [3.8, 4) is 0 Å². The molecule has 1 aliphatic heterocycles. The summed E-state index contributed by atoms with van der Waals surface area (Å²) in [6.07, 6.45) is 3.17. The Bertz CT molecular complexity index is 136. The number of primary amides is 1. The summed E-state index contributed by atoms with van der Waals surface area (Å²) >= 11 is 0. The molecule has 0 spiro atoms. The lowest BCUT2D eigenvalue weighted by Crippen LogP contribution is -2.48. The zero-order valence-corrected chi connectivity index (χ0v) is 6.26. The SMILES string of the molecule is C[C@H]1CCC[C@H](C(N)=O)N1. The van der Waals surface area contributed by atoms with E-state index in [-0.39, 0.29) is 11.9 Å². The standard InChI is InChI=1S/C7H14N2O/c1-5-3-2-4-6(9-5)7(8)10/h5-6,9H,2-4H2,1H3,(H2,8,10)/t5-,6+/m0/s1. The van der Waals surface area contributed by atoms with Crippen molar-refractivity contribution in [2.24, 2.45) is 5.73 Å². The number of hydrogen-bond donors (Lipinski definition) is 2. The molecule has 0 bridgehead atoms. The Kier molecular flexibility index (Phi) is 2.27. The van der Waals surface area contributed by atoms with Crippen LogP contribution in [0.2, 0.25) is 0 Å². The van der Waals surface area contributed by atoms with Crippen LogP contribution in [-0.4, -0.2) is 18.0 Å². The number of carbonyl (C=O) groups is 1. The smallest absolute Gasteiger partial charge is 0.234 e. The third kappa shape index (κ3) is 1.70. The quantitative estimate of drug-likeness (QED) is 0.541. The first kappa shape index (κ1) is 7.54. The van der Waals surface area contributed by atoms with Gasteiger partial charge in [-0.25, -0.2) is 0 Å². The molecule has 0 radical (unpaired) electrons. The lowest BCUT2D eigenvalue weighted by Gasteiger charge is -2.26. The molecule has 1 fully saturated rings. The molecule has 58 valence electrons. The molecule has 0 aromatic rings. The predicted octanol–water partition coefficient (Wildman–Crippen LogP) is 0.00230. The normalized spacial score (nSPS) is 33.7. The average Bonchev–Trinajstić information content (AvgIpc) is 1.88. The second-order valence-electron chi connectivity index (χ2n) is 2.95. The van der Waals surface area contributed by atoms with Crippen molar-refractivity contribution in [2.45, 2.75) is 38.3 Å². The van der Waals surface area contributed by atoms with Crippen LogP contribution in [0.1, 0.15) is 26.2 Å². The van der Waals surface area contributed by atoms with E-state index in [0.717, 1.165) is 19.3 Å². The van der Waals surface area contributed by atoms with Gasteiger partial charge in [0, 0.05) is 6.04 Å². The molecule has 0 aromatic carbocycles. The van der Waals surface area contributed by atoms with Crippen LogP contribution in [-0.2, 0) is 4.79 Å². The maximum Gasteiger partial charge on any atom is 0.234 e. The maximum atomic E-state index is 10.7. The zero-order valence-electron chi connectivity index (χ0n) is 6.26. The Morgan fingerprint density at radius 2 is 2.30 bits per heavy atom. The minimum atomic E-state index is -0.216. The monoisotopic (exact) mass is 142 g/mol. The molecule has 1 saturated heterocycles. The summed E-state index contributed by atoms with van der Waals surface area (Å²) < 4.78 is 0. The van der Waals surface area contributed by atoms with Crippen molar-refractivity contribution in [1.29, 1.82) is 0 Å². The summed E-state index contributed by atoms with van der Waals surface area (Å²) in [7, 11) is 0. The Morgan fingerprint density at radius 1 is 1.60 bits per heavy atom. The van der Waals surface area contributed by atoms with E-state index in [1.54, 1.807) is 0 Å². The molecule has 1 heterocycles. The van der Waals surface area contributed by atoms with Gasteiger partial charge in [-0.05, 0) is 26.2 Å². The molecule has 1 amide bonds. The van der Waals surface area contributed by atoms with Crippen LogP contribution in [0.25, 0.3) is 0 Å². The molecule has 3 heteroatoms. The summed E-state index contributed by atoms with van der Waals surface area (Å²) in [5, 5.41) is 3.14. The van der Waals surface area contributed by atoms with Crippen molar-refractivity contribution >= 4 is 5.91 Å². The number of rotatable bonds is 1. The largest absolute Gasteiger partial charge is 0.368 e. The van der Waals surface area contributed by atoms with Gasteiger partial charge in [-0.3, -0.25) is 4.79 Å². The van der Waals surface area contributed by atoms with E-state index >= 15 is 0 Å². The average molecular weight is 142 g/mol. The second-order valence-corrected chi connectivity index (χ2v) is 2.95. The number of nitrogens with two attached hydrogens (primary N) is 1. The second kappa shape index (κ2) is 3.01. The molecule has 0 aromatic heterocycles. The first-order valence-corrected chi connectivity index (χ1v) is 3.75. The molecular weight excluding hydrogens is 128 g/mol. The predicted molar refractivity (Wildman–Crippen MR) is 39.4 cm³/mol. The van der Waals surface area contributed by atoms with E-state index in [4.69, 9.17) is 5.73 Å². The van der Waals surface area contributed by atoms with Gasteiger partial charge in [0.25, 0.3) is 0 Å². The molecule has 3 N–H and O–H groups in total. The highest BCUT2D eigenvalue weighted by Gasteiger charge is 2.21. The van der Waals surface area contributed by atoms with E-state index in [0.29, 0.717) is 6.04 Å². The van der Waals surface area contributed by atoms with Crippen LogP contribution < -0.4 is 11.1 Å². The summed E-state index contributed by atoms with van der Waals surface area (Å²) in [4.78, 5) is 10.7. The molecule has 0 saturated carbocycles. The molecule has 3 nitrogen and oxygen atoms in total.